The van der Waals surface area contributed by atoms with Crippen LogP contribution in [0.25, 0.3) is 0 Å². The Hall–Kier alpha value is -1.24. The Bertz CT molecular complexity index is 363. The molecule has 1 N–H and O–H groups in total. The SMILES string of the molecule is CCNCc1cncc(N(CCCOC)CCOC)n1. The van der Waals surface area contributed by atoms with Crippen molar-refractivity contribution < 1.29 is 9.47 Å². The normalized spacial score (nSPS) is 10.8. The van der Waals surface area contributed by atoms with E-state index in [2.05, 4.69) is 27.1 Å². The van der Waals surface area contributed by atoms with E-state index < -0.39 is 0 Å². The summed E-state index contributed by atoms with van der Waals surface area (Å²) >= 11 is 0. The molecule has 0 aliphatic rings. The highest BCUT2D eigenvalue weighted by Gasteiger charge is 2.09. The summed E-state index contributed by atoms with van der Waals surface area (Å²) in [6.45, 7) is 6.85. The van der Waals surface area contributed by atoms with E-state index in [1.165, 1.54) is 0 Å². The van der Waals surface area contributed by atoms with Crippen molar-refractivity contribution in [1.29, 1.82) is 0 Å². The summed E-state index contributed by atoms with van der Waals surface area (Å²) in [6, 6.07) is 0. The summed E-state index contributed by atoms with van der Waals surface area (Å²) in [6.07, 6.45) is 4.56. The Morgan fingerprint density at radius 2 is 1.95 bits per heavy atom. The van der Waals surface area contributed by atoms with Crippen molar-refractivity contribution in [1.82, 2.24) is 15.3 Å². The van der Waals surface area contributed by atoms with Crippen LogP contribution in [0.1, 0.15) is 19.0 Å². The molecule has 1 aromatic rings. The van der Waals surface area contributed by atoms with Crippen LogP contribution in [-0.4, -0.2) is 57.0 Å². The third-order valence-electron chi connectivity index (χ3n) is 2.89. The van der Waals surface area contributed by atoms with Gasteiger partial charge in [-0.15, -0.1) is 0 Å². The minimum absolute atomic E-state index is 0.673. The number of hydrogen-bond donors (Lipinski definition) is 1. The van der Waals surface area contributed by atoms with Gasteiger partial charge in [-0.25, -0.2) is 4.98 Å². The number of methoxy groups -OCH3 is 2. The standard InChI is InChI=1S/C14H26N4O2/c1-4-15-10-13-11-16-12-14(17-13)18(7-9-20-3)6-5-8-19-2/h11-12,15H,4-10H2,1-3H3. The van der Waals surface area contributed by atoms with Crippen LogP contribution < -0.4 is 10.2 Å². The van der Waals surface area contributed by atoms with Crippen molar-refractivity contribution >= 4 is 5.82 Å². The maximum Gasteiger partial charge on any atom is 0.147 e. The van der Waals surface area contributed by atoms with Gasteiger partial charge in [-0.3, -0.25) is 4.98 Å². The smallest absolute Gasteiger partial charge is 0.147 e. The Balaban J connectivity index is 2.66. The number of nitrogens with one attached hydrogen (secondary N) is 1. The highest BCUT2D eigenvalue weighted by Crippen LogP contribution is 2.10. The van der Waals surface area contributed by atoms with Crippen LogP contribution in [0.15, 0.2) is 12.4 Å². The van der Waals surface area contributed by atoms with E-state index in [4.69, 9.17) is 9.47 Å². The molecule has 0 amide bonds. The number of aromatic nitrogens is 2. The maximum absolute atomic E-state index is 5.16. The van der Waals surface area contributed by atoms with Gasteiger partial charge in [-0.1, -0.05) is 6.92 Å². The zero-order valence-corrected chi connectivity index (χ0v) is 12.8. The van der Waals surface area contributed by atoms with Crippen LogP contribution in [0.4, 0.5) is 5.82 Å². The zero-order chi connectivity index (χ0) is 14.6. The fourth-order valence-electron chi connectivity index (χ4n) is 1.83. The van der Waals surface area contributed by atoms with E-state index in [1.54, 1.807) is 26.6 Å². The Labute approximate surface area is 121 Å². The molecule has 0 aromatic carbocycles. The minimum Gasteiger partial charge on any atom is -0.385 e. The fraction of sp³-hybridized carbons (Fsp3) is 0.714. The molecule has 0 bridgehead atoms. The topological polar surface area (TPSA) is 59.5 Å². The second-order valence-corrected chi connectivity index (χ2v) is 4.48. The fourth-order valence-corrected chi connectivity index (χ4v) is 1.83. The summed E-state index contributed by atoms with van der Waals surface area (Å²) in [5.41, 5.74) is 0.957. The first kappa shape index (κ1) is 16.8. The van der Waals surface area contributed by atoms with Gasteiger partial charge in [0.05, 0.1) is 18.5 Å². The van der Waals surface area contributed by atoms with Crippen molar-refractivity contribution in [2.45, 2.75) is 19.9 Å². The lowest BCUT2D eigenvalue weighted by Gasteiger charge is -2.23. The van der Waals surface area contributed by atoms with Crippen molar-refractivity contribution in [3.05, 3.63) is 18.1 Å². The van der Waals surface area contributed by atoms with Crippen LogP contribution in [-0.2, 0) is 16.0 Å². The molecule has 1 aromatic heterocycles. The first-order valence-corrected chi connectivity index (χ1v) is 7.06. The minimum atomic E-state index is 0.673. The van der Waals surface area contributed by atoms with Gasteiger partial charge in [0.25, 0.3) is 0 Å². The molecule has 6 heteroatoms. The Kier molecular flexibility index (Phi) is 8.86. The van der Waals surface area contributed by atoms with Gasteiger partial charge in [0.2, 0.25) is 0 Å². The van der Waals surface area contributed by atoms with E-state index in [0.29, 0.717) is 6.61 Å². The first-order valence-electron chi connectivity index (χ1n) is 7.06. The van der Waals surface area contributed by atoms with E-state index >= 15 is 0 Å². The number of hydrogen-bond acceptors (Lipinski definition) is 6. The molecule has 0 radical (unpaired) electrons. The van der Waals surface area contributed by atoms with Gasteiger partial charge in [0, 0.05) is 46.7 Å². The number of ether oxygens (including phenoxy) is 2. The maximum atomic E-state index is 5.16. The molecule has 0 aliphatic carbocycles. The molecule has 0 spiro atoms. The molecular formula is C14H26N4O2. The second-order valence-electron chi connectivity index (χ2n) is 4.48. The van der Waals surface area contributed by atoms with Gasteiger partial charge in [0.15, 0.2) is 0 Å². The van der Waals surface area contributed by atoms with Gasteiger partial charge >= 0.3 is 0 Å². The summed E-state index contributed by atoms with van der Waals surface area (Å²) < 4.78 is 10.3. The highest BCUT2D eigenvalue weighted by molar-refractivity contribution is 5.36. The summed E-state index contributed by atoms with van der Waals surface area (Å²) in [5.74, 6) is 0.897. The molecule has 0 saturated carbocycles. The summed E-state index contributed by atoms with van der Waals surface area (Å²) in [7, 11) is 3.43. The Morgan fingerprint density at radius 1 is 1.15 bits per heavy atom. The molecule has 0 fully saturated rings. The van der Waals surface area contributed by atoms with E-state index in [9.17, 15) is 0 Å². The van der Waals surface area contributed by atoms with Crippen LogP contribution in [0.5, 0.6) is 0 Å². The predicted octanol–water partition coefficient (Wildman–Crippen LogP) is 1.08. The predicted molar refractivity (Wildman–Crippen MR) is 80.0 cm³/mol. The average Bonchev–Trinajstić information content (AvgIpc) is 2.49. The molecule has 20 heavy (non-hydrogen) atoms. The molecular weight excluding hydrogens is 256 g/mol. The molecule has 0 atom stereocenters. The van der Waals surface area contributed by atoms with Crippen molar-refractivity contribution in [2.24, 2.45) is 0 Å². The zero-order valence-electron chi connectivity index (χ0n) is 12.8. The molecule has 0 saturated heterocycles. The molecule has 0 unspecified atom stereocenters. The molecule has 0 aliphatic heterocycles. The molecule has 114 valence electrons. The lowest BCUT2D eigenvalue weighted by molar-refractivity contribution is 0.191. The lowest BCUT2D eigenvalue weighted by atomic mass is 10.3. The van der Waals surface area contributed by atoms with E-state index in [1.807, 2.05) is 0 Å². The van der Waals surface area contributed by atoms with Gasteiger partial charge < -0.3 is 19.7 Å². The van der Waals surface area contributed by atoms with E-state index in [0.717, 1.165) is 50.7 Å². The van der Waals surface area contributed by atoms with E-state index in [-0.39, 0.29) is 0 Å². The number of anilines is 1. The molecule has 6 nitrogen and oxygen atoms in total. The van der Waals surface area contributed by atoms with Crippen LogP contribution >= 0.6 is 0 Å². The average molecular weight is 282 g/mol. The van der Waals surface area contributed by atoms with Crippen LogP contribution in [0, 0.1) is 0 Å². The Morgan fingerprint density at radius 3 is 2.65 bits per heavy atom. The third kappa shape index (κ3) is 6.27. The summed E-state index contributed by atoms with van der Waals surface area (Å²) in [4.78, 5) is 11.1. The second kappa shape index (κ2) is 10.5. The van der Waals surface area contributed by atoms with Gasteiger partial charge in [-0.05, 0) is 13.0 Å². The summed E-state index contributed by atoms with van der Waals surface area (Å²) in [5, 5.41) is 3.26. The van der Waals surface area contributed by atoms with Crippen molar-refractivity contribution in [3.8, 4) is 0 Å². The van der Waals surface area contributed by atoms with Crippen LogP contribution in [0.2, 0.25) is 0 Å². The number of nitrogens with zero attached hydrogens (tertiary/aromatic N) is 3. The molecule has 1 rings (SSSR count). The monoisotopic (exact) mass is 282 g/mol. The third-order valence-corrected chi connectivity index (χ3v) is 2.89. The van der Waals surface area contributed by atoms with Crippen LogP contribution in [0.3, 0.4) is 0 Å². The quantitative estimate of drug-likeness (QED) is 0.613. The molecule has 1 heterocycles. The largest absolute Gasteiger partial charge is 0.385 e. The first-order chi connectivity index (χ1) is 9.81. The van der Waals surface area contributed by atoms with Gasteiger partial charge in [0.1, 0.15) is 5.82 Å². The number of rotatable bonds is 11. The van der Waals surface area contributed by atoms with Gasteiger partial charge in [-0.2, -0.15) is 0 Å². The lowest BCUT2D eigenvalue weighted by Crippen LogP contribution is -2.30. The van der Waals surface area contributed by atoms with Crippen molar-refractivity contribution in [2.75, 3.05) is 52.0 Å². The van der Waals surface area contributed by atoms with Crippen molar-refractivity contribution in [3.63, 3.8) is 0 Å². The highest BCUT2D eigenvalue weighted by atomic mass is 16.5.